The number of hydrogen-bond acceptors (Lipinski definition) is 3. The first-order chi connectivity index (χ1) is 8.86. The molecule has 1 saturated heterocycles. The average Bonchev–Trinajstić information content (AvgIpc) is 2.44. The Morgan fingerprint density at radius 3 is 2.58 bits per heavy atom. The third-order valence-electron chi connectivity index (χ3n) is 2.60. The minimum absolute atomic E-state index is 0. The Kier molecular flexibility index (Phi) is 11.1. The summed E-state index contributed by atoms with van der Waals surface area (Å²) in [5.74, 6) is 0.278. The van der Waals surface area contributed by atoms with Crippen LogP contribution < -0.4 is 0 Å². The molecule has 0 bridgehead atoms. The number of halogens is 1. The number of para-hydroxylation sites is 1. The number of phenols is 1. The molecule has 0 radical (unpaired) electrons. The molecular weight excluding hydrogens is 315 g/mol. The second-order valence-electron chi connectivity index (χ2n) is 3.80. The Labute approximate surface area is 129 Å². The van der Waals surface area contributed by atoms with E-state index in [2.05, 4.69) is 15.2 Å². The van der Waals surface area contributed by atoms with Gasteiger partial charge in [0.25, 0.3) is 0 Å². The summed E-state index contributed by atoms with van der Waals surface area (Å²) in [5.41, 5.74) is 0.768. The summed E-state index contributed by atoms with van der Waals surface area (Å²) in [5, 5.41) is 13.8. The molecule has 0 atom stereocenters. The van der Waals surface area contributed by atoms with E-state index in [1.54, 1.807) is 18.3 Å². The van der Waals surface area contributed by atoms with E-state index in [-0.39, 0.29) is 13.2 Å². The Hall–Kier alpha value is -0.477. The molecule has 1 N–H and O–H groups in total. The molecule has 0 saturated carbocycles. The van der Waals surface area contributed by atoms with Gasteiger partial charge in [-0.05, 0) is 25.2 Å². The van der Waals surface area contributed by atoms with Crippen LogP contribution in [0.1, 0.15) is 13.0 Å². The number of aromatic hydroxyl groups is 1. The van der Waals surface area contributed by atoms with Crippen molar-refractivity contribution >= 4 is 15.9 Å². The molecular formula is C13H20ClN3OZn. The van der Waals surface area contributed by atoms with Gasteiger partial charge in [0.05, 0.1) is 6.67 Å². The van der Waals surface area contributed by atoms with E-state index < -0.39 is 0 Å². The Morgan fingerprint density at radius 1 is 1.32 bits per heavy atom. The van der Waals surface area contributed by atoms with Crippen LogP contribution in [0.5, 0.6) is 5.75 Å². The van der Waals surface area contributed by atoms with Crippen LogP contribution in [0.2, 0.25) is 0 Å². The number of nitrogens with zero attached hydrogens (tertiary/aromatic N) is 3. The Morgan fingerprint density at radius 2 is 1.95 bits per heavy atom. The summed E-state index contributed by atoms with van der Waals surface area (Å²) in [6, 6.07) is 7.21. The summed E-state index contributed by atoms with van der Waals surface area (Å²) in [6.07, 6.45) is 1.72. The fraction of sp³-hybridized carbons (Fsp3) is 0.462. The summed E-state index contributed by atoms with van der Waals surface area (Å²) in [7, 11) is 4.76. The van der Waals surface area contributed by atoms with Crippen molar-refractivity contribution in [2.75, 3.05) is 32.8 Å². The molecule has 19 heavy (non-hydrogen) atoms. The van der Waals surface area contributed by atoms with Gasteiger partial charge in [0.15, 0.2) is 0 Å². The van der Waals surface area contributed by atoms with Gasteiger partial charge in [-0.25, -0.2) is 0 Å². The fourth-order valence-corrected chi connectivity index (χ4v) is 1.64. The maximum atomic E-state index is 9.53. The van der Waals surface area contributed by atoms with Crippen molar-refractivity contribution in [2.24, 2.45) is 4.99 Å². The molecule has 6 heteroatoms. The molecule has 0 spiro atoms. The third kappa shape index (κ3) is 7.02. The molecule has 4 nitrogen and oxygen atoms in total. The number of phenolic OH excluding ortho intramolecular Hbond substituents is 1. The van der Waals surface area contributed by atoms with Crippen molar-refractivity contribution in [1.82, 2.24) is 4.90 Å². The van der Waals surface area contributed by atoms with Crippen molar-refractivity contribution in [2.45, 2.75) is 7.43 Å². The molecule has 0 amide bonds. The zero-order chi connectivity index (χ0) is 13.2. The van der Waals surface area contributed by atoms with Crippen molar-refractivity contribution in [1.29, 1.82) is 0 Å². The quantitative estimate of drug-likeness (QED) is 0.682. The summed E-state index contributed by atoms with van der Waals surface area (Å²) in [4.78, 5) is 6.58. The van der Waals surface area contributed by atoms with Crippen LogP contribution in [-0.4, -0.2) is 49.1 Å². The van der Waals surface area contributed by atoms with Crippen molar-refractivity contribution in [3.63, 3.8) is 0 Å². The van der Waals surface area contributed by atoms with Gasteiger partial charge in [-0.15, -0.1) is 13.1 Å². The van der Waals surface area contributed by atoms with Gasteiger partial charge in [-0.3, -0.25) is 9.89 Å². The van der Waals surface area contributed by atoms with E-state index in [9.17, 15) is 5.11 Å². The summed E-state index contributed by atoms with van der Waals surface area (Å²) in [6.45, 7) is 4.47. The molecule has 2 rings (SSSR count). The van der Waals surface area contributed by atoms with Crippen LogP contribution >= 0.6 is 9.69 Å². The minimum atomic E-state index is 0. The Balaban J connectivity index is 0.00000103. The van der Waals surface area contributed by atoms with Crippen molar-refractivity contribution in [3.05, 3.63) is 35.1 Å². The molecule has 1 fully saturated rings. The van der Waals surface area contributed by atoms with Crippen LogP contribution in [0.15, 0.2) is 29.3 Å². The van der Waals surface area contributed by atoms with Crippen molar-refractivity contribution < 1.29 is 22.4 Å². The number of benzene rings is 1. The van der Waals surface area contributed by atoms with Crippen LogP contribution in [0, 0.1) is 0 Å². The predicted octanol–water partition coefficient (Wildman–Crippen LogP) is 2.78. The van der Waals surface area contributed by atoms with Gasteiger partial charge in [-0.2, -0.15) is 0 Å². The molecule has 1 aliphatic heterocycles. The van der Waals surface area contributed by atoms with Gasteiger partial charge in [0.1, 0.15) is 5.75 Å². The zero-order valence-corrected chi connectivity index (χ0v) is 14.0. The van der Waals surface area contributed by atoms with Crippen LogP contribution in [0.4, 0.5) is 0 Å². The Bertz CT molecular complexity index is 371. The summed E-state index contributed by atoms with van der Waals surface area (Å²) >= 11 is 0.847. The molecule has 0 aliphatic carbocycles. The molecule has 0 unspecified atom stereocenters. The number of aliphatic imine (C=N–C) groups is 1. The van der Waals surface area contributed by atoms with E-state index in [0.29, 0.717) is 6.67 Å². The summed E-state index contributed by atoms with van der Waals surface area (Å²) < 4.78 is 0. The van der Waals surface area contributed by atoms with Crippen LogP contribution in [0.3, 0.4) is 0 Å². The van der Waals surface area contributed by atoms with E-state index in [1.807, 2.05) is 12.1 Å². The SMILES string of the molecule is C.Oc1ccccc1C=NCN1CC[N-]CC1.[Cl][Zn+]. The molecule has 0 aromatic heterocycles. The number of hydrogen-bond donors (Lipinski definition) is 1. The van der Waals surface area contributed by atoms with E-state index >= 15 is 0 Å². The second kappa shape index (κ2) is 11.4. The zero-order valence-electron chi connectivity index (χ0n) is 10.3. The molecule has 1 aromatic rings. The van der Waals surface area contributed by atoms with E-state index in [0.717, 1.165) is 49.1 Å². The number of piperazine rings is 1. The van der Waals surface area contributed by atoms with Crippen LogP contribution in [0.25, 0.3) is 5.32 Å². The maximum absolute atomic E-state index is 9.53. The average molecular weight is 335 g/mol. The first-order valence-corrected chi connectivity index (χ1v) is 9.66. The fourth-order valence-electron chi connectivity index (χ4n) is 1.64. The number of rotatable bonds is 3. The molecule has 1 aromatic carbocycles. The molecule has 1 aliphatic rings. The van der Waals surface area contributed by atoms with E-state index in [4.69, 9.17) is 9.69 Å². The van der Waals surface area contributed by atoms with Crippen molar-refractivity contribution in [3.8, 4) is 5.75 Å². The standard InChI is InChI=1S/C12H16N3O.CH4.ClH.Zn/c16-12-4-2-1-3-11(12)9-14-10-15-7-5-13-6-8-15;;;/h1-4,9,16H,5-8,10H2;1H4;1H;/q-1;;;+2/p-1. The second-order valence-corrected chi connectivity index (χ2v) is 3.80. The van der Waals surface area contributed by atoms with Gasteiger partial charge >= 0.3 is 27.0 Å². The third-order valence-corrected chi connectivity index (χ3v) is 2.60. The van der Waals surface area contributed by atoms with Crippen LogP contribution in [-0.2, 0) is 17.3 Å². The van der Waals surface area contributed by atoms with Gasteiger partial charge in [-0.1, -0.05) is 19.6 Å². The van der Waals surface area contributed by atoms with Gasteiger partial charge in [0, 0.05) is 11.8 Å². The van der Waals surface area contributed by atoms with Gasteiger partial charge < -0.3 is 10.4 Å². The monoisotopic (exact) mass is 333 g/mol. The van der Waals surface area contributed by atoms with Gasteiger partial charge in [0.2, 0.25) is 0 Å². The van der Waals surface area contributed by atoms with E-state index in [1.165, 1.54) is 0 Å². The predicted molar refractivity (Wildman–Crippen MR) is 77.8 cm³/mol. The molecule has 1 heterocycles. The normalized spacial score (nSPS) is 15.5. The first-order valence-electron chi connectivity index (χ1n) is 5.76. The molecule has 102 valence electrons. The topological polar surface area (TPSA) is 49.9 Å². The first kappa shape index (κ1) is 18.5.